The van der Waals surface area contributed by atoms with Crippen molar-refractivity contribution in [2.45, 2.75) is 47.2 Å². The highest BCUT2D eigenvalue weighted by Gasteiger charge is 2.23. The number of amides is 3. The van der Waals surface area contributed by atoms with Gasteiger partial charge < -0.3 is 20.4 Å². The summed E-state index contributed by atoms with van der Waals surface area (Å²) in [6, 6.07) is 10.3. The highest BCUT2D eigenvalue weighted by molar-refractivity contribution is 7.14. The van der Waals surface area contributed by atoms with Crippen molar-refractivity contribution >= 4 is 34.7 Å². The molecule has 0 radical (unpaired) electrons. The number of carbonyl (C=O) groups is 3. The van der Waals surface area contributed by atoms with Gasteiger partial charge in [0.2, 0.25) is 17.7 Å². The van der Waals surface area contributed by atoms with Crippen LogP contribution in [0.2, 0.25) is 0 Å². The lowest BCUT2D eigenvalue weighted by molar-refractivity contribution is -0.129. The second-order valence-corrected chi connectivity index (χ2v) is 9.40. The summed E-state index contributed by atoms with van der Waals surface area (Å²) in [5.74, 6) is 0.203. The van der Waals surface area contributed by atoms with Crippen LogP contribution in [-0.2, 0) is 16.1 Å². The van der Waals surface area contributed by atoms with Gasteiger partial charge in [-0.1, -0.05) is 19.9 Å². The van der Waals surface area contributed by atoms with Crippen LogP contribution in [0.5, 0.6) is 0 Å². The fraction of sp³-hybridized carbons (Fsp3) is 0.333. The summed E-state index contributed by atoms with van der Waals surface area (Å²) in [4.78, 5) is 42.6. The first-order chi connectivity index (χ1) is 15.6. The maximum Gasteiger partial charge on any atom is 0.265 e. The normalized spacial score (nSPS) is 11.8. The molecule has 3 N–H and O–H groups in total. The number of anilines is 1. The lowest BCUT2D eigenvalue weighted by Crippen LogP contribution is -2.48. The molecule has 0 unspecified atom stereocenters. The molecule has 33 heavy (non-hydrogen) atoms. The van der Waals surface area contributed by atoms with Crippen molar-refractivity contribution in [1.82, 2.24) is 15.6 Å². The van der Waals surface area contributed by atoms with Gasteiger partial charge in [0.05, 0.1) is 11.4 Å². The van der Waals surface area contributed by atoms with E-state index in [9.17, 15) is 14.4 Å². The van der Waals surface area contributed by atoms with Crippen LogP contribution in [0, 0.1) is 19.8 Å². The third kappa shape index (κ3) is 6.29. The fourth-order valence-electron chi connectivity index (χ4n) is 3.23. The van der Waals surface area contributed by atoms with Gasteiger partial charge in [0.25, 0.3) is 5.91 Å². The number of carbonyl (C=O) groups excluding carboxylic acids is 3. The van der Waals surface area contributed by atoms with Crippen molar-refractivity contribution < 1.29 is 18.8 Å². The molecule has 1 aromatic carbocycles. The largest absolute Gasteiger partial charge is 0.441 e. The number of aromatic nitrogens is 1. The van der Waals surface area contributed by atoms with Crippen LogP contribution < -0.4 is 16.0 Å². The molecule has 8 nitrogen and oxygen atoms in total. The molecule has 0 saturated carbocycles. The number of hydrogen-bond acceptors (Lipinski definition) is 6. The van der Waals surface area contributed by atoms with E-state index < -0.39 is 6.04 Å². The Bertz CT molecular complexity index is 1160. The van der Waals surface area contributed by atoms with Crippen LogP contribution in [0.15, 0.2) is 40.8 Å². The molecule has 3 aromatic rings. The number of thiophene rings is 1. The molecule has 0 aliphatic rings. The predicted octanol–water partition coefficient (Wildman–Crippen LogP) is 4.05. The van der Waals surface area contributed by atoms with Crippen molar-refractivity contribution in [3.05, 3.63) is 57.6 Å². The van der Waals surface area contributed by atoms with E-state index in [1.165, 1.54) is 18.3 Å². The number of nitrogens with zero attached hydrogens (tertiary/aromatic N) is 1. The summed E-state index contributed by atoms with van der Waals surface area (Å²) in [6.07, 6.45) is 0. The number of rotatable bonds is 8. The minimum absolute atomic E-state index is 0.0566. The van der Waals surface area contributed by atoms with Crippen molar-refractivity contribution in [3.63, 3.8) is 0 Å². The summed E-state index contributed by atoms with van der Waals surface area (Å²) in [7, 11) is 0. The zero-order valence-electron chi connectivity index (χ0n) is 19.3. The van der Waals surface area contributed by atoms with Gasteiger partial charge in [-0.15, -0.1) is 11.3 Å². The van der Waals surface area contributed by atoms with E-state index in [2.05, 4.69) is 20.9 Å². The summed E-state index contributed by atoms with van der Waals surface area (Å²) >= 11 is 1.43. The van der Waals surface area contributed by atoms with E-state index >= 15 is 0 Å². The van der Waals surface area contributed by atoms with Gasteiger partial charge in [0, 0.05) is 23.1 Å². The van der Waals surface area contributed by atoms with Gasteiger partial charge in [-0.2, -0.15) is 0 Å². The average molecular weight is 469 g/mol. The smallest absolute Gasteiger partial charge is 0.265 e. The highest BCUT2D eigenvalue weighted by atomic mass is 32.1. The molecule has 1 atom stereocenters. The molecule has 0 aliphatic heterocycles. The Hall–Kier alpha value is -3.46. The first-order valence-corrected chi connectivity index (χ1v) is 11.4. The predicted molar refractivity (Wildman–Crippen MR) is 128 cm³/mol. The number of benzene rings is 1. The quantitative estimate of drug-likeness (QED) is 0.462. The van der Waals surface area contributed by atoms with Crippen LogP contribution in [0.4, 0.5) is 5.69 Å². The van der Waals surface area contributed by atoms with Crippen LogP contribution in [0.3, 0.4) is 0 Å². The molecule has 0 fully saturated rings. The molecule has 0 bridgehead atoms. The molecular formula is C24H28N4O4S. The second-order valence-electron chi connectivity index (χ2n) is 8.11. The van der Waals surface area contributed by atoms with Crippen LogP contribution in [0.1, 0.15) is 46.8 Å². The zero-order chi connectivity index (χ0) is 24.1. The van der Waals surface area contributed by atoms with E-state index in [0.29, 0.717) is 33.5 Å². The molecule has 0 spiro atoms. The second kappa shape index (κ2) is 10.4. The van der Waals surface area contributed by atoms with Gasteiger partial charge in [0.15, 0.2) is 0 Å². The Morgan fingerprint density at radius 1 is 1.12 bits per heavy atom. The van der Waals surface area contributed by atoms with Gasteiger partial charge in [-0.05, 0) is 50.1 Å². The van der Waals surface area contributed by atoms with Gasteiger partial charge in [-0.3, -0.25) is 14.4 Å². The van der Waals surface area contributed by atoms with Gasteiger partial charge in [0.1, 0.15) is 17.5 Å². The molecule has 174 valence electrons. The number of hydrogen-bond donors (Lipinski definition) is 3. The Balaban J connectivity index is 1.69. The van der Waals surface area contributed by atoms with E-state index in [0.717, 1.165) is 4.88 Å². The Labute approximate surface area is 196 Å². The van der Waals surface area contributed by atoms with E-state index in [-0.39, 0.29) is 30.2 Å². The average Bonchev–Trinajstić information content (AvgIpc) is 3.35. The SMILES string of the molecule is CC(=O)N[C@@H](C(=O)NCc1nc(-c2cccc(NC(=O)c3ccc(C)s3)c2)oc1C)C(C)C. The first kappa shape index (κ1) is 24.2. The lowest BCUT2D eigenvalue weighted by Gasteiger charge is -2.20. The summed E-state index contributed by atoms with van der Waals surface area (Å²) < 4.78 is 5.81. The number of nitrogens with one attached hydrogen (secondary N) is 3. The maximum atomic E-state index is 12.5. The molecule has 3 rings (SSSR count). The van der Waals surface area contributed by atoms with Crippen LogP contribution in [-0.4, -0.2) is 28.7 Å². The maximum absolute atomic E-state index is 12.5. The molecule has 9 heteroatoms. The van der Waals surface area contributed by atoms with E-state index in [1.54, 1.807) is 25.1 Å². The summed E-state index contributed by atoms with van der Waals surface area (Å²) in [5, 5.41) is 8.38. The molecule has 0 aliphatic carbocycles. The number of aryl methyl sites for hydroxylation is 2. The van der Waals surface area contributed by atoms with Crippen molar-refractivity contribution in [1.29, 1.82) is 0 Å². The van der Waals surface area contributed by atoms with Crippen molar-refractivity contribution in [2.24, 2.45) is 5.92 Å². The van der Waals surface area contributed by atoms with Crippen LogP contribution in [0.25, 0.3) is 11.5 Å². The first-order valence-electron chi connectivity index (χ1n) is 10.6. The topological polar surface area (TPSA) is 113 Å². The molecule has 0 saturated heterocycles. The monoisotopic (exact) mass is 468 g/mol. The lowest BCUT2D eigenvalue weighted by atomic mass is 10.0. The Morgan fingerprint density at radius 2 is 1.88 bits per heavy atom. The highest BCUT2D eigenvalue weighted by Crippen LogP contribution is 2.25. The summed E-state index contributed by atoms with van der Waals surface area (Å²) in [6.45, 7) is 9.02. The molecular weight excluding hydrogens is 440 g/mol. The minimum Gasteiger partial charge on any atom is -0.441 e. The van der Waals surface area contributed by atoms with E-state index in [1.807, 2.05) is 39.0 Å². The molecule has 2 aromatic heterocycles. The third-order valence-corrected chi connectivity index (χ3v) is 5.96. The third-order valence-electron chi connectivity index (χ3n) is 4.96. The van der Waals surface area contributed by atoms with Crippen molar-refractivity contribution in [2.75, 3.05) is 5.32 Å². The number of oxazole rings is 1. The fourth-order valence-corrected chi connectivity index (χ4v) is 3.99. The molecule has 3 amide bonds. The molecule has 2 heterocycles. The van der Waals surface area contributed by atoms with Gasteiger partial charge in [-0.25, -0.2) is 4.98 Å². The summed E-state index contributed by atoms with van der Waals surface area (Å²) in [5.41, 5.74) is 1.92. The zero-order valence-corrected chi connectivity index (χ0v) is 20.1. The standard InChI is InChI=1S/C24H28N4O4S/c1-13(2)21(26-16(5)29)23(31)25-12-19-15(4)32-24(28-19)17-7-6-8-18(11-17)27-22(30)20-10-9-14(3)33-20/h6-11,13,21H,12H2,1-5H3,(H,25,31)(H,26,29)(H,27,30)/t21-/m1/s1. The minimum atomic E-state index is -0.624. The van der Waals surface area contributed by atoms with Gasteiger partial charge >= 0.3 is 0 Å². The van der Waals surface area contributed by atoms with Crippen molar-refractivity contribution in [3.8, 4) is 11.5 Å². The van der Waals surface area contributed by atoms with E-state index in [4.69, 9.17) is 4.42 Å². The Kier molecular flexibility index (Phi) is 7.65. The van der Waals surface area contributed by atoms with Crippen LogP contribution >= 0.6 is 11.3 Å². The Morgan fingerprint density at radius 3 is 2.52 bits per heavy atom.